The molecule has 0 amide bonds. The van der Waals surface area contributed by atoms with Crippen LogP contribution in [0.15, 0.2) is 0 Å². The second-order valence-electron chi connectivity index (χ2n) is 5.22. The minimum atomic E-state index is 0.812. The molecule has 76 valence electrons. The van der Waals surface area contributed by atoms with Crippen LogP contribution in [0.5, 0.6) is 0 Å². The first-order valence-corrected chi connectivity index (χ1v) is 5.85. The van der Waals surface area contributed by atoms with E-state index >= 15 is 0 Å². The van der Waals surface area contributed by atoms with Gasteiger partial charge in [-0.15, -0.1) is 0 Å². The zero-order valence-electron chi connectivity index (χ0n) is 9.62. The molecule has 1 nitrogen and oxygen atoms in total. The van der Waals surface area contributed by atoms with Crippen LogP contribution in [0, 0.1) is 23.7 Å². The van der Waals surface area contributed by atoms with E-state index < -0.39 is 0 Å². The molecule has 0 spiro atoms. The number of likely N-dealkylation sites (tertiary alicyclic amines) is 1. The summed E-state index contributed by atoms with van der Waals surface area (Å²) in [4.78, 5) is 2.72. The van der Waals surface area contributed by atoms with Gasteiger partial charge < -0.3 is 0 Å². The van der Waals surface area contributed by atoms with Gasteiger partial charge in [-0.2, -0.15) is 0 Å². The van der Waals surface area contributed by atoms with Gasteiger partial charge in [-0.25, -0.2) is 0 Å². The summed E-state index contributed by atoms with van der Waals surface area (Å²) in [6.07, 6.45) is 0. The Morgan fingerprint density at radius 1 is 0.923 bits per heavy atom. The molecule has 1 aliphatic carbocycles. The van der Waals surface area contributed by atoms with E-state index in [-0.39, 0.29) is 0 Å². The van der Waals surface area contributed by atoms with E-state index in [0.717, 1.165) is 35.8 Å². The smallest absolute Gasteiger partial charge is 0.0160 e. The summed E-state index contributed by atoms with van der Waals surface area (Å²) in [6.45, 7) is 13.3. The van der Waals surface area contributed by atoms with E-state index in [0.29, 0.717) is 0 Å². The second-order valence-corrected chi connectivity index (χ2v) is 5.22. The molecule has 0 aromatic carbocycles. The first-order valence-electron chi connectivity index (χ1n) is 5.85. The van der Waals surface area contributed by atoms with E-state index in [4.69, 9.17) is 0 Å². The van der Waals surface area contributed by atoms with Crippen molar-refractivity contribution < 1.29 is 0 Å². The normalized spacial score (nSPS) is 56.1. The summed E-state index contributed by atoms with van der Waals surface area (Å²) in [5.41, 5.74) is 0. The molecule has 1 heteroatoms. The maximum atomic E-state index is 2.72. The molecule has 1 heterocycles. The summed E-state index contributed by atoms with van der Waals surface area (Å²) in [5, 5.41) is 0. The van der Waals surface area contributed by atoms with Crippen LogP contribution in [0.1, 0.15) is 34.6 Å². The van der Waals surface area contributed by atoms with Crippen molar-refractivity contribution in [2.45, 2.75) is 46.7 Å². The average molecular weight is 181 g/mol. The van der Waals surface area contributed by atoms with Gasteiger partial charge in [-0.3, -0.25) is 4.90 Å². The Kier molecular flexibility index (Phi) is 2.18. The zero-order valence-corrected chi connectivity index (χ0v) is 9.62. The standard InChI is InChI=1S/C12H23N/c1-6-13-10(5)9(4)11-7(2)8(3)12(11)13/h7-12H,6H2,1-5H3/t7-,8+,9+,10-,11+,12+/m1/s1. The largest absolute Gasteiger partial charge is 0.297 e. The van der Waals surface area contributed by atoms with Crippen molar-refractivity contribution in [3.8, 4) is 0 Å². The van der Waals surface area contributed by atoms with Crippen molar-refractivity contribution >= 4 is 0 Å². The highest BCUT2D eigenvalue weighted by Crippen LogP contribution is 2.54. The number of nitrogens with zero attached hydrogens (tertiary/aromatic N) is 1. The van der Waals surface area contributed by atoms with Crippen LogP contribution in [0.25, 0.3) is 0 Å². The Balaban J connectivity index is 2.18. The van der Waals surface area contributed by atoms with Crippen LogP contribution in [-0.2, 0) is 0 Å². The van der Waals surface area contributed by atoms with Crippen LogP contribution >= 0.6 is 0 Å². The fourth-order valence-corrected chi connectivity index (χ4v) is 3.88. The van der Waals surface area contributed by atoms with Crippen molar-refractivity contribution in [2.24, 2.45) is 23.7 Å². The van der Waals surface area contributed by atoms with Crippen molar-refractivity contribution in [2.75, 3.05) is 6.54 Å². The Bertz CT molecular complexity index is 191. The molecule has 13 heavy (non-hydrogen) atoms. The first-order chi connectivity index (χ1) is 6.09. The van der Waals surface area contributed by atoms with Crippen molar-refractivity contribution in [3.63, 3.8) is 0 Å². The summed E-state index contributed by atoms with van der Waals surface area (Å²) in [6, 6.07) is 1.72. The van der Waals surface area contributed by atoms with Gasteiger partial charge in [-0.1, -0.05) is 27.7 Å². The van der Waals surface area contributed by atoms with E-state index in [2.05, 4.69) is 39.5 Å². The Morgan fingerprint density at radius 3 is 2.08 bits per heavy atom. The number of rotatable bonds is 1. The van der Waals surface area contributed by atoms with E-state index in [1.54, 1.807) is 0 Å². The van der Waals surface area contributed by atoms with Crippen molar-refractivity contribution in [3.05, 3.63) is 0 Å². The predicted octanol–water partition coefficient (Wildman–Crippen LogP) is 2.62. The third-order valence-corrected chi connectivity index (χ3v) is 5.01. The minimum Gasteiger partial charge on any atom is -0.297 e. The number of hydrogen-bond donors (Lipinski definition) is 0. The lowest BCUT2D eigenvalue weighted by molar-refractivity contribution is -0.00163. The van der Waals surface area contributed by atoms with Crippen LogP contribution in [0.3, 0.4) is 0 Å². The average Bonchev–Trinajstić information content (AvgIpc) is 2.37. The maximum Gasteiger partial charge on any atom is 0.0160 e. The fraction of sp³-hybridized carbons (Fsp3) is 1.00. The highest BCUT2D eigenvalue weighted by atomic mass is 15.2. The van der Waals surface area contributed by atoms with Gasteiger partial charge >= 0.3 is 0 Å². The molecule has 1 aliphatic heterocycles. The molecule has 2 rings (SSSR count). The number of hydrogen-bond acceptors (Lipinski definition) is 1. The van der Waals surface area contributed by atoms with E-state index in [1.165, 1.54) is 6.54 Å². The van der Waals surface area contributed by atoms with Crippen molar-refractivity contribution in [1.29, 1.82) is 0 Å². The minimum absolute atomic E-state index is 0.812. The fourth-order valence-electron chi connectivity index (χ4n) is 3.88. The monoisotopic (exact) mass is 181 g/mol. The zero-order chi connectivity index (χ0) is 9.75. The lowest BCUT2D eigenvalue weighted by Gasteiger charge is -2.49. The molecule has 0 unspecified atom stereocenters. The molecule has 6 atom stereocenters. The molecule has 0 aromatic heterocycles. The van der Waals surface area contributed by atoms with Gasteiger partial charge in [0, 0.05) is 12.1 Å². The quantitative estimate of drug-likeness (QED) is 0.601. The van der Waals surface area contributed by atoms with E-state index in [9.17, 15) is 0 Å². The molecular formula is C12H23N. The van der Waals surface area contributed by atoms with Gasteiger partial charge in [0.15, 0.2) is 0 Å². The SMILES string of the molecule is CCN1[C@H]2[C@@H](C)[C@@H](C)[C@H]2[C@@H](C)[C@H]1C. The molecule has 0 radical (unpaired) electrons. The lowest BCUT2D eigenvalue weighted by atomic mass is 9.60. The molecule has 1 saturated carbocycles. The van der Waals surface area contributed by atoms with Crippen LogP contribution in [-0.4, -0.2) is 23.5 Å². The molecule has 0 aromatic rings. The summed E-state index contributed by atoms with van der Waals surface area (Å²) < 4.78 is 0. The third kappa shape index (κ3) is 1.03. The Morgan fingerprint density at radius 2 is 1.54 bits per heavy atom. The van der Waals surface area contributed by atoms with Crippen LogP contribution in [0.4, 0.5) is 0 Å². The molecule has 0 bridgehead atoms. The van der Waals surface area contributed by atoms with Crippen molar-refractivity contribution in [1.82, 2.24) is 4.90 Å². The molecular weight excluding hydrogens is 158 g/mol. The topological polar surface area (TPSA) is 3.24 Å². The highest BCUT2D eigenvalue weighted by molar-refractivity contribution is 5.08. The third-order valence-electron chi connectivity index (χ3n) is 5.01. The summed E-state index contributed by atoms with van der Waals surface area (Å²) >= 11 is 0. The lowest BCUT2D eigenvalue weighted by Crippen LogP contribution is -2.53. The predicted molar refractivity (Wildman–Crippen MR) is 56.6 cm³/mol. The van der Waals surface area contributed by atoms with Gasteiger partial charge in [0.05, 0.1) is 0 Å². The van der Waals surface area contributed by atoms with Gasteiger partial charge in [0.1, 0.15) is 0 Å². The van der Waals surface area contributed by atoms with Crippen LogP contribution in [0.2, 0.25) is 0 Å². The van der Waals surface area contributed by atoms with Gasteiger partial charge in [-0.05, 0) is 37.1 Å². The molecule has 2 fully saturated rings. The molecule has 2 aliphatic rings. The Labute approximate surface area is 82.5 Å². The first kappa shape index (κ1) is 9.51. The molecule has 0 N–H and O–H groups in total. The van der Waals surface area contributed by atoms with E-state index in [1.807, 2.05) is 0 Å². The highest BCUT2D eigenvalue weighted by Gasteiger charge is 2.56. The second kappa shape index (κ2) is 2.98. The van der Waals surface area contributed by atoms with Gasteiger partial charge in [0.2, 0.25) is 0 Å². The molecule has 1 saturated heterocycles. The summed E-state index contributed by atoms with van der Waals surface area (Å²) in [7, 11) is 0. The summed E-state index contributed by atoms with van der Waals surface area (Å²) in [5.74, 6) is 3.79. The van der Waals surface area contributed by atoms with Crippen LogP contribution < -0.4 is 0 Å². The van der Waals surface area contributed by atoms with Gasteiger partial charge in [0.25, 0.3) is 0 Å². The Hall–Kier alpha value is -0.0400. The number of fused-ring (bicyclic) bond motifs is 1. The maximum absolute atomic E-state index is 2.72.